The summed E-state index contributed by atoms with van der Waals surface area (Å²) in [6.07, 6.45) is 1.96. The van der Waals surface area contributed by atoms with E-state index in [1.807, 2.05) is 12.3 Å². The molecule has 0 saturated carbocycles. The average molecular weight is 335 g/mol. The van der Waals surface area contributed by atoms with Crippen LogP contribution in [0.4, 0.5) is 0 Å². The molecule has 0 aliphatic rings. The molecule has 0 aliphatic carbocycles. The number of rotatable bonds is 2. The van der Waals surface area contributed by atoms with Crippen LogP contribution in [0.3, 0.4) is 0 Å². The van der Waals surface area contributed by atoms with Gasteiger partial charge in [0.15, 0.2) is 5.43 Å². The zero-order valence-corrected chi connectivity index (χ0v) is 13.6. The molecule has 3 aromatic rings. The molecule has 3 rings (SSSR count). The number of H-pyrrole nitrogens is 1. The van der Waals surface area contributed by atoms with Crippen molar-refractivity contribution in [1.29, 1.82) is 0 Å². The Kier molecular flexibility index (Phi) is 4.04. The highest BCUT2D eigenvalue weighted by atomic mass is 79.9. The maximum Gasteiger partial charge on any atom is 0.180 e. The fourth-order valence-corrected chi connectivity index (χ4v) is 2.80. The Balaban J connectivity index is 0.00000147. The van der Waals surface area contributed by atoms with Crippen molar-refractivity contribution >= 4 is 38.8 Å². The van der Waals surface area contributed by atoms with Crippen molar-refractivity contribution in [3.8, 4) is 0 Å². The topological polar surface area (TPSA) is 37.8 Å². The van der Waals surface area contributed by atoms with Crippen molar-refractivity contribution in [3.63, 3.8) is 0 Å². The molecule has 2 aromatic heterocycles. The maximum atomic E-state index is 11.7. The van der Waals surface area contributed by atoms with Gasteiger partial charge in [-0.3, -0.25) is 4.79 Å². The van der Waals surface area contributed by atoms with Crippen molar-refractivity contribution in [1.82, 2.24) is 9.55 Å². The summed E-state index contributed by atoms with van der Waals surface area (Å²) in [6, 6.07) is 7.42. The molecule has 0 bridgehead atoms. The van der Waals surface area contributed by atoms with Gasteiger partial charge in [0.25, 0.3) is 0 Å². The first-order valence-corrected chi connectivity index (χ1v) is 6.68. The van der Waals surface area contributed by atoms with E-state index in [2.05, 4.69) is 36.4 Å². The van der Waals surface area contributed by atoms with E-state index in [0.29, 0.717) is 5.92 Å². The lowest BCUT2D eigenvalue weighted by molar-refractivity contribution is 0.544. The van der Waals surface area contributed by atoms with Gasteiger partial charge in [-0.25, -0.2) is 0 Å². The van der Waals surface area contributed by atoms with Gasteiger partial charge < -0.3 is 9.55 Å². The van der Waals surface area contributed by atoms with Crippen molar-refractivity contribution < 1.29 is 0 Å². The first-order valence-electron chi connectivity index (χ1n) is 6.68. The lowest BCUT2D eigenvalue weighted by Crippen LogP contribution is -2.06. The molecule has 0 fully saturated rings. The van der Waals surface area contributed by atoms with Crippen LogP contribution >= 0.6 is 17.0 Å². The second-order valence-electron chi connectivity index (χ2n) is 5.55. The molecular formula is C16H19BrN2O. The van der Waals surface area contributed by atoms with Crippen LogP contribution in [0.5, 0.6) is 0 Å². The zero-order chi connectivity index (χ0) is 13.6. The molecule has 0 saturated heterocycles. The Morgan fingerprint density at radius 3 is 2.65 bits per heavy atom. The average Bonchev–Trinajstić information content (AvgIpc) is 2.64. The first-order chi connectivity index (χ1) is 9.08. The van der Waals surface area contributed by atoms with Gasteiger partial charge in [-0.15, -0.1) is 17.0 Å². The number of hydrogen-bond donors (Lipinski definition) is 1. The van der Waals surface area contributed by atoms with Crippen molar-refractivity contribution in [2.24, 2.45) is 5.92 Å². The van der Waals surface area contributed by atoms with Crippen LogP contribution in [0, 0.1) is 12.8 Å². The van der Waals surface area contributed by atoms with Crippen molar-refractivity contribution in [2.45, 2.75) is 27.3 Å². The quantitative estimate of drug-likeness (QED) is 0.754. The van der Waals surface area contributed by atoms with Gasteiger partial charge in [-0.1, -0.05) is 13.8 Å². The van der Waals surface area contributed by atoms with Crippen LogP contribution in [0.1, 0.15) is 19.5 Å². The largest absolute Gasteiger partial charge is 0.364 e. The third-order valence-corrected chi connectivity index (χ3v) is 3.53. The second kappa shape index (κ2) is 5.44. The van der Waals surface area contributed by atoms with E-state index < -0.39 is 0 Å². The van der Waals surface area contributed by atoms with Gasteiger partial charge in [-0.2, -0.15) is 0 Å². The number of benzene rings is 1. The van der Waals surface area contributed by atoms with Crippen LogP contribution < -0.4 is 5.43 Å². The molecule has 2 heterocycles. The number of aryl methyl sites for hydroxylation is 1. The van der Waals surface area contributed by atoms with Gasteiger partial charge in [-0.05, 0) is 31.0 Å². The number of halogens is 1. The summed E-state index contributed by atoms with van der Waals surface area (Å²) >= 11 is 0. The van der Waals surface area contributed by atoms with Crippen molar-refractivity contribution in [2.75, 3.05) is 0 Å². The van der Waals surface area contributed by atoms with Crippen LogP contribution in [-0.2, 0) is 6.54 Å². The Hall–Kier alpha value is -1.55. The highest BCUT2D eigenvalue weighted by Crippen LogP contribution is 2.29. The lowest BCUT2D eigenvalue weighted by atomic mass is 10.2. The van der Waals surface area contributed by atoms with Crippen LogP contribution in [-0.4, -0.2) is 9.55 Å². The fraction of sp³-hybridized carbons (Fsp3) is 0.312. The summed E-state index contributed by atoms with van der Waals surface area (Å²) in [6.45, 7) is 7.39. The minimum absolute atomic E-state index is 0. The maximum absolute atomic E-state index is 11.7. The van der Waals surface area contributed by atoms with E-state index >= 15 is 0 Å². The standard InChI is InChI=1S/C16H18N2O.BrH/c1-10(2)9-18-15-8-12(19)4-5-13(15)14-6-7-17-11(3)16(14)18;/h4-8,10,17H,9H2,1-3H3;1H. The minimum atomic E-state index is 0. The number of aromatic nitrogens is 2. The fourth-order valence-electron chi connectivity index (χ4n) is 2.80. The van der Waals surface area contributed by atoms with Gasteiger partial charge >= 0.3 is 0 Å². The second-order valence-corrected chi connectivity index (χ2v) is 5.55. The molecule has 0 amide bonds. The molecule has 1 aromatic carbocycles. The normalized spacial score (nSPS) is 11.2. The Morgan fingerprint density at radius 1 is 1.20 bits per heavy atom. The summed E-state index contributed by atoms with van der Waals surface area (Å²) in [4.78, 5) is 14.9. The molecule has 3 nitrogen and oxygen atoms in total. The summed E-state index contributed by atoms with van der Waals surface area (Å²) in [5.41, 5.74) is 3.46. The van der Waals surface area contributed by atoms with Crippen LogP contribution in [0.2, 0.25) is 0 Å². The summed E-state index contributed by atoms with van der Waals surface area (Å²) in [7, 11) is 0. The van der Waals surface area contributed by atoms with Gasteiger partial charge in [0.05, 0.1) is 11.0 Å². The smallest absolute Gasteiger partial charge is 0.180 e. The van der Waals surface area contributed by atoms with E-state index in [4.69, 9.17) is 0 Å². The molecule has 0 aliphatic heterocycles. The zero-order valence-electron chi connectivity index (χ0n) is 11.9. The molecule has 0 radical (unpaired) electrons. The monoisotopic (exact) mass is 334 g/mol. The number of nitrogens with one attached hydrogen (secondary N) is 1. The Morgan fingerprint density at radius 2 is 1.95 bits per heavy atom. The Bertz CT molecular complexity index is 814. The molecule has 106 valence electrons. The lowest BCUT2D eigenvalue weighted by Gasteiger charge is -2.11. The molecule has 20 heavy (non-hydrogen) atoms. The van der Waals surface area contributed by atoms with Gasteiger partial charge in [0.2, 0.25) is 0 Å². The SMILES string of the molecule is Br.Cc1[nH]ccc2c3ccc(=O)cc3n(CC(C)C)c12. The molecule has 4 heteroatoms. The van der Waals surface area contributed by atoms with E-state index in [9.17, 15) is 4.79 Å². The highest BCUT2D eigenvalue weighted by molar-refractivity contribution is 8.93. The third kappa shape index (κ3) is 2.29. The Labute approximate surface area is 128 Å². The minimum Gasteiger partial charge on any atom is -0.364 e. The van der Waals surface area contributed by atoms with Crippen molar-refractivity contribution in [3.05, 3.63) is 46.4 Å². The number of aromatic amines is 1. The molecule has 0 unspecified atom stereocenters. The van der Waals surface area contributed by atoms with Gasteiger partial charge in [0, 0.05) is 35.3 Å². The van der Waals surface area contributed by atoms with Gasteiger partial charge in [0.1, 0.15) is 0 Å². The highest BCUT2D eigenvalue weighted by Gasteiger charge is 2.13. The van der Waals surface area contributed by atoms with E-state index in [-0.39, 0.29) is 22.4 Å². The summed E-state index contributed by atoms with van der Waals surface area (Å²) in [5, 5.41) is 2.37. The number of fused-ring (bicyclic) bond motifs is 3. The molecule has 1 N–H and O–H groups in total. The van der Waals surface area contributed by atoms with Crippen LogP contribution in [0.15, 0.2) is 35.3 Å². The molecular weight excluding hydrogens is 316 g/mol. The van der Waals surface area contributed by atoms with E-state index in [1.54, 1.807) is 12.1 Å². The number of hydrogen-bond acceptors (Lipinski definition) is 1. The summed E-state index contributed by atoms with van der Waals surface area (Å²) in [5.74, 6) is 0.536. The summed E-state index contributed by atoms with van der Waals surface area (Å²) < 4.78 is 2.27. The predicted octanol–water partition coefficient (Wildman–Crippen LogP) is 4.03. The number of nitrogens with zero attached hydrogens (tertiary/aromatic N) is 1. The predicted molar refractivity (Wildman–Crippen MR) is 90.0 cm³/mol. The van der Waals surface area contributed by atoms with Crippen LogP contribution in [0.25, 0.3) is 21.8 Å². The molecule has 0 spiro atoms. The van der Waals surface area contributed by atoms with E-state index in [0.717, 1.165) is 23.1 Å². The first kappa shape index (κ1) is 14.9. The third-order valence-electron chi connectivity index (χ3n) is 3.53. The van der Waals surface area contributed by atoms with E-state index in [1.165, 1.54) is 10.9 Å². The number of pyridine rings is 1. The molecule has 0 atom stereocenters.